The maximum absolute atomic E-state index is 8.35. The van der Waals surface area contributed by atoms with E-state index in [0.29, 0.717) is 0 Å². The predicted molar refractivity (Wildman–Crippen MR) is 25.2 cm³/mol. The number of hydrogen-bond donors (Lipinski definition) is 2. The van der Waals surface area contributed by atoms with E-state index in [-0.39, 0.29) is 12.7 Å². The Balaban J connectivity index is 0.000000145. The van der Waals surface area contributed by atoms with Crippen LogP contribution in [0.1, 0.15) is 0 Å². The lowest BCUT2D eigenvalue weighted by Gasteiger charge is -1.70. The van der Waals surface area contributed by atoms with Crippen molar-refractivity contribution in [1.82, 2.24) is 0 Å². The van der Waals surface area contributed by atoms with Crippen LogP contribution in [0, 0.1) is 5.41 Å². The molecule has 0 amide bonds. The quantitative estimate of drug-likeness (QED) is 0.270. The van der Waals surface area contributed by atoms with Gasteiger partial charge in [-0.15, -0.1) is 0 Å². The highest BCUT2D eigenvalue weighted by Crippen LogP contribution is 2.04. The summed E-state index contributed by atoms with van der Waals surface area (Å²) in [5, 5.41) is 13.5. The van der Waals surface area contributed by atoms with Crippen molar-refractivity contribution in [2.75, 3.05) is 13.2 Å². The number of rotatable bonds is 1. The van der Waals surface area contributed by atoms with Crippen LogP contribution in [-0.2, 0) is 9.53 Å². The number of nitrogens with one attached hydrogen (secondary N) is 1. The summed E-state index contributed by atoms with van der Waals surface area (Å²) < 4.78 is 4.61. The lowest BCUT2D eigenvalue weighted by molar-refractivity contribution is 0.244. The van der Waals surface area contributed by atoms with Crippen LogP contribution >= 0.6 is 0 Å². The zero-order valence-electron chi connectivity index (χ0n) is 4.26. The van der Waals surface area contributed by atoms with Gasteiger partial charge >= 0.3 is 0 Å². The van der Waals surface area contributed by atoms with E-state index in [1.165, 1.54) is 0 Å². The fraction of sp³-hybridized carbons (Fsp3) is 0.750. The van der Waals surface area contributed by atoms with Crippen LogP contribution in [0.15, 0.2) is 0 Å². The van der Waals surface area contributed by atoms with Crippen LogP contribution in [-0.4, -0.2) is 30.5 Å². The number of isocyanates is 1. The van der Waals surface area contributed by atoms with E-state index in [1.54, 1.807) is 0 Å². The van der Waals surface area contributed by atoms with E-state index in [0.717, 1.165) is 12.7 Å². The third-order valence-electron chi connectivity index (χ3n) is 0.606. The molecule has 4 nitrogen and oxygen atoms in total. The molecule has 0 spiro atoms. The first-order valence-corrected chi connectivity index (χ1v) is 2.11. The molecular formula is C4H7NO3. The molecule has 1 unspecified atom stereocenters. The summed E-state index contributed by atoms with van der Waals surface area (Å²) in [7, 11) is 0. The second-order valence-corrected chi connectivity index (χ2v) is 1.24. The first kappa shape index (κ1) is 7.30. The van der Waals surface area contributed by atoms with E-state index < -0.39 is 0 Å². The first-order valence-electron chi connectivity index (χ1n) is 2.11. The summed E-state index contributed by atoms with van der Waals surface area (Å²) in [4.78, 5) is 8.35. The molecule has 1 aliphatic heterocycles. The van der Waals surface area contributed by atoms with Gasteiger partial charge in [0.05, 0.1) is 13.2 Å². The maximum Gasteiger partial charge on any atom is 0.231 e. The second kappa shape index (κ2) is 4.46. The molecular weight excluding hydrogens is 110 g/mol. The summed E-state index contributed by atoms with van der Waals surface area (Å²) in [6.45, 7) is 0.955. The van der Waals surface area contributed by atoms with Crippen LogP contribution in [0.25, 0.3) is 0 Å². The summed E-state index contributed by atoms with van der Waals surface area (Å²) >= 11 is 0. The maximum atomic E-state index is 8.35. The number of aliphatic hydroxyl groups is 1. The van der Waals surface area contributed by atoms with Gasteiger partial charge in [-0.05, 0) is 0 Å². The van der Waals surface area contributed by atoms with Gasteiger partial charge in [0, 0.05) is 0 Å². The minimum Gasteiger partial charge on any atom is -0.394 e. The molecule has 46 valence electrons. The van der Waals surface area contributed by atoms with Crippen molar-refractivity contribution < 1.29 is 14.6 Å². The number of epoxide rings is 1. The molecule has 8 heavy (non-hydrogen) atoms. The zero-order valence-corrected chi connectivity index (χ0v) is 4.26. The lowest BCUT2D eigenvalue weighted by Crippen LogP contribution is -1.88. The molecule has 1 aliphatic rings. The standard InChI is InChI=1S/C3H6O2.CHNO/c4-1-3-2-5-3;2-1-3/h3-4H,1-2H2;2H. The zero-order chi connectivity index (χ0) is 6.41. The van der Waals surface area contributed by atoms with Crippen LogP contribution in [0.3, 0.4) is 0 Å². The summed E-state index contributed by atoms with van der Waals surface area (Å²) in [6, 6.07) is 0. The van der Waals surface area contributed by atoms with Gasteiger partial charge in [-0.25, -0.2) is 10.2 Å². The average molecular weight is 117 g/mol. The Labute approximate surface area is 46.6 Å². The highest BCUT2D eigenvalue weighted by Gasteiger charge is 2.19. The van der Waals surface area contributed by atoms with Crippen LogP contribution in [0.5, 0.6) is 0 Å². The monoisotopic (exact) mass is 117 g/mol. The van der Waals surface area contributed by atoms with Crippen molar-refractivity contribution >= 4 is 6.08 Å². The van der Waals surface area contributed by atoms with Gasteiger partial charge in [0.15, 0.2) is 0 Å². The minimum absolute atomic E-state index is 0.190. The van der Waals surface area contributed by atoms with E-state index in [2.05, 4.69) is 4.74 Å². The van der Waals surface area contributed by atoms with Crippen LogP contribution < -0.4 is 0 Å². The smallest absolute Gasteiger partial charge is 0.231 e. The summed E-state index contributed by atoms with van der Waals surface area (Å²) in [6.07, 6.45) is 0.940. The van der Waals surface area contributed by atoms with Crippen molar-refractivity contribution in [3.63, 3.8) is 0 Å². The molecule has 1 rings (SSSR count). The average Bonchev–Trinajstić information content (AvgIpc) is 2.48. The fourth-order valence-electron chi connectivity index (χ4n) is 0.173. The van der Waals surface area contributed by atoms with Crippen molar-refractivity contribution in [1.29, 1.82) is 5.41 Å². The Morgan fingerprint density at radius 2 is 2.38 bits per heavy atom. The second-order valence-electron chi connectivity index (χ2n) is 1.24. The van der Waals surface area contributed by atoms with Crippen molar-refractivity contribution in [3.8, 4) is 0 Å². The normalized spacial score (nSPS) is 22.4. The molecule has 0 aliphatic carbocycles. The minimum atomic E-state index is 0.190. The molecule has 0 radical (unpaired) electrons. The highest BCUT2D eigenvalue weighted by atomic mass is 16.6. The van der Waals surface area contributed by atoms with Gasteiger partial charge < -0.3 is 9.84 Å². The van der Waals surface area contributed by atoms with Gasteiger partial charge in [0.25, 0.3) is 0 Å². The van der Waals surface area contributed by atoms with Gasteiger partial charge in [0.1, 0.15) is 6.10 Å². The van der Waals surface area contributed by atoms with Gasteiger partial charge in [-0.3, -0.25) is 0 Å². The van der Waals surface area contributed by atoms with Crippen molar-refractivity contribution in [2.24, 2.45) is 0 Å². The molecule has 0 bridgehead atoms. The Kier molecular flexibility index (Phi) is 4.07. The molecule has 2 N–H and O–H groups in total. The van der Waals surface area contributed by atoms with E-state index >= 15 is 0 Å². The number of carbonyl (C=O) groups excluding carboxylic acids is 1. The van der Waals surface area contributed by atoms with Gasteiger partial charge in [0.2, 0.25) is 6.08 Å². The summed E-state index contributed by atoms with van der Waals surface area (Å²) in [5.74, 6) is 0. The molecule has 0 aromatic rings. The number of aliphatic hydroxyl groups excluding tert-OH is 1. The highest BCUT2D eigenvalue weighted by molar-refractivity contribution is 5.26. The Morgan fingerprint density at radius 3 is 2.38 bits per heavy atom. The Bertz CT molecular complexity index is 83.3. The molecule has 0 aromatic heterocycles. The third-order valence-corrected chi connectivity index (χ3v) is 0.606. The Hall–Kier alpha value is -0.700. The lowest BCUT2D eigenvalue weighted by atomic mass is 10.5. The van der Waals surface area contributed by atoms with E-state index in [1.807, 2.05) is 0 Å². The molecule has 1 fully saturated rings. The van der Waals surface area contributed by atoms with Gasteiger partial charge in [-0.1, -0.05) is 0 Å². The first-order chi connectivity index (χ1) is 3.85. The third kappa shape index (κ3) is 5.30. The van der Waals surface area contributed by atoms with Crippen molar-refractivity contribution in [2.45, 2.75) is 6.10 Å². The molecule has 0 saturated carbocycles. The predicted octanol–water partition coefficient (Wildman–Crippen LogP) is -0.722. The Morgan fingerprint density at radius 1 is 2.00 bits per heavy atom. The van der Waals surface area contributed by atoms with Crippen LogP contribution in [0.2, 0.25) is 0 Å². The molecule has 1 saturated heterocycles. The summed E-state index contributed by atoms with van der Waals surface area (Å²) in [5.41, 5.74) is 0. The van der Waals surface area contributed by atoms with E-state index in [4.69, 9.17) is 15.3 Å². The van der Waals surface area contributed by atoms with Crippen LogP contribution in [0.4, 0.5) is 0 Å². The molecule has 1 atom stereocenters. The molecule has 4 heteroatoms. The SMILES string of the molecule is N=C=O.OCC1CO1. The number of hydrogen-bond acceptors (Lipinski definition) is 4. The van der Waals surface area contributed by atoms with Gasteiger partial charge in [-0.2, -0.15) is 0 Å². The van der Waals surface area contributed by atoms with E-state index in [9.17, 15) is 0 Å². The molecule has 1 heterocycles. The van der Waals surface area contributed by atoms with Crippen molar-refractivity contribution in [3.05, 3.63) is 0 Å². The molecule has 0 aromatic carbocycles. The fourth-order valence-corrected chi connectivity index (χ4v) is 0.173. The topological polar surface area (TPSA) is 73.7 Å². The largest absolute Gasteiger partial charge is 0.394 e. The number of ether oxygens (including phenoxy) is 1.